The Bertz CT molecular complexity index is 5250. The number of fused-ring (bicyclic) bond motifs is 10. The maximum absolute atomic E-state index is 2.53. The number of aryl methyl sites for hydroxylation is 1. The first-order valence-corrected chi connectivity index (χ1v) is 30.9. The van der Waals surface area contributed by atoms with Gasteiger partial charge in [-0.1, -0.05) is 226 Å². The fourth-order valence-corrected chi connectivity index (χ4v) is 15.0. The third kappa shape index (κ3) is 8.53. The molecule has 17 rings (SSSR count). The summed E-state index contributed by atoms with van der Waals surface area (Å²) in [5.41, 5.74) is 22.0. The van der Waals surface area contributed by atoms with Crippen LogP contribution < -0.4 is 20.2 Å². The molecule has 0 heterocycles. The van der Waals surface area contributed by atoms with Crippen molar-refractivity contribution in [3.05, 3.63) is 317 Å². The lowest BCUT2D eigenvalue weighted by molar-refractivity contribution is 0.660. The monoisotopic (exact) mass is 1110 g/mol. The first-order chi connectivity index (χ1) is 42.9. The highest BCUT2D eigenvalue weighted by Crippen LogP contribution is 2.53. The third-order valence-corrected chi connectivity index (χ3v) is 19.3. The second-order valence-corrected chi connectivity index (χ2v) is 24.6. The fourth-order valence-electron chi connectivity index (χ4n) is 15.0. The first-order valence-electron chi connectivity index (χ1n) is 30.9. The van der Waals surface area contributed by atoms with Gasteiger partial charge >= 0.3 is 0 Å². The van der Waals surface area contributed by atoms with Gasteiger partial charge in [-0.3, -0.25) is 0 Å². The topological polar surface area (TPSA) is 6.48 Å². The highest BCUT2D eigenvalue weighted by atomic mass is 15.1. The molecule has 0 aromatic heterocycles. The van der Waals surface area contributed by atoms with E-state index in [0.29, 0.717) is 0 Å². The molecule has 0 bridgehead atoms. The molecule has 0 unspecified atom stereocenters. The molecular formula is C85H62N2. The summed E-state index contributed by atoms with van der Waals surface area (Å²) in [5.74, 6) is 0. The molecule has 0 saturated carbocycles. The summed E-state index contributed by atoms with van der Waals surface area (Å²) in [5, 5.41) is 14.7. The summed E-state index contributed by atoms with van der Waals surface area (Å²) in [4.78, 5) is 4.96. The van der Waals surface area contributed by atoms with Crippen LogP contribution in [0.25, 0.3) is 105 Å². The molecule has 14 aromatic carbocycles. The van der Waals surface area contributed by atoms with Crippen LogP contribution >= 0.6 is 0 Å². The molecule has 412 valence electrons. The van der Waals surface area contributed by atoms with Crippen molar-refractivity contribution in [3.63, 3.8) is 0 Å². The van der Waals surface area contributed by atoms with Crippen molar-refractivity contribution in [3.8, 4) is 33.4 Å². The van der Waals surface area contributed by atoms with Crippen LogP contribution in [0.4, 0.5) is 34.1 Å². The highest BCUT2D eigenvalue weighted by Gasteiger charge is 2.36. The molecule has 0 spiro atoms. The number of hydrogen-bond donors (Lipinski definition) is 0. The Morgan fingerprint density at radius 1 is 0.333 bits per heavy atom. The fraction of sp³-hybridized carbons (Fsp3) is 0.0824. The number of anilines is 6. The van der Waals surface area contributed by atoms with Crippen molar-refractivity contribution in [2.45, 2.75) is 44.9 Å². The molecule has 2 nitrogen and oxygen atoms in total. The average molecular weight is 1110 g/mol. The largest absolute Gasteiger partial charge is 0.310 e. The maximum Gasteiger partial charge on any atom is 0.0468 e. The molecule has 0 atom stereocenters. The van der Waals surface area contributed by atoms with Crippen molar-refractivity contribution >= 4 is 106 Å². The van der Waals surface area contributed by atoms with Crippen molar-refractivity contribution in [1.82, 2.24) is 0 Å². The summed E-state index contributed by atoms with van der Waals surface area (Å²) >= 11 is 0. The Morgan fingerprint density at radius 3 is 1.45 bits per heavy atom. The van der Waals surface area contributed by atoms with Crippen LogP contribution in [0.5, 0.6) is 0 Å². The van der Waals surface area contributed by atoms with E-state index >= 15 is 0 Å². The smallest absolute Gasteiger partial charge is 0.0468 e. The Morgan fingerprint density at radius 2 is 0.816 bits per heavy atom. The predicted octanol–water partition coefficient (Wildman–Crippen LogP) is 21.8. The van der Waals surface area contributed by atoms with E-state index in [1.165, 1.54) is 131 Å². The predicted molar refractivity (Wildman–Crippen MR) is 371 cm³/mol. The summed E-state index contributed by atoms with van der Waals surface area (Å²) in [6, 6.07) is 104. The van der Waals surface area contributed by atoms with Crippen molar-refractivity contribution in [2.24, 2.45) is 0 Å². The quantitative estimate of drug-likeness (QED) is 0.133. The molecule has 0 amide bonds. The minimum Gasteiger partial charge on any atom is -0.310 e. The molecule has 3 aliphatic rings. The molecule has 3 aliphatic carbocycles. The molecule has 2 heteroatoms. The van der Waals surface area contributed by atoms with E-state index in [-0.39, 0.29) is 5.41 Å². The zero-order valence-electron chi connectivity index (χ0n) is 48.9. The first kappa shape index (κ1) is 50.9. The minimum atomic E-state index is -0.198. The van der Waals surface area contributed by atoms with E-state index in [1.54, 1.807) is 0 Å². The lowest BCUT2D eigenvalue weighted by atomic mass is 9.80. The average Bonchev–Trinajstić information content (AvgIpc) is 2.03. The highest BCUT2D eigenvalue weighted by molar-refractivity contribution is 6.23. The molecule has 0 N–H and O–H groups in total. The van der Waals surface area contributed by atoms with E-state index in [0.717, 1.165) is 59.8 Å². The summed E-state index contributed by atoms with van der Waals surface area (Å²) in [7, 11) is 0. The summed E-state index contributed by atoms with van der Waals surface area (Å²) in [6.45, 7) is 4.81. The van der Waals surface area contributed by atoms with E-state index in [2.05, 4.69) is 315 Å². The van der Waals surface area contributed by atoms with Gasteiger partial charge in [0.05, 0.1) is 0 Å². The Hall–Kier alpha value is -10.5. The Balaban J connectivity index is 0.967. The Labute approximate surface area is 508 Å². The molecular weight excluding hydrogens is 1050 g/mol. The van der Waals surface area contributed by atoms with Gasteiger partial charge in [0.15, 0.2) is 0 Å². The van der Waals surface area contributed by atoms with Crippen molar-refractivity contribution in [1.29, 1.82) is 0 Å². The lowest BCUT2D eigenvalue weighted by Crippen LogP contribution is -2.29. The number of benzene rings is 14. The molecule has 87 heavy (non-hydrogen) atoms. The van der Waals surface area contributed by atoms with Crippen LogP contribution in [0.3, 0.4) is 0 Å². The van der Waals surface area contributed by atoms with Crippen LogP contribution in [-0.4, -0.2) is 0 Å². The van der Waals surface area contributed by atoms with E-state index in [1.807, 2.05) is 0 Å². The molecule has 14 aromatic rings. The van der Waals surface area contributed by atoms with Gasteiger partial charge in [0.1, 0.15) is 0 Å². The number of nitrogens with zero attached hydrogens (tertiary/aromatic N) is 2. The zero-order valence-corrected chi connectivity index (χ0v) is 48.9. The van der Waals surface area contributed by atoms with E-state index in [4.69, 9.17) is 0 Å². The van der Waals surface area contributed by atoms with Crippen LogP contribution in [0, 0.1) is 0 Å². The molecule has 0 saturated heterocycles. The number of hydrogen-bond acceptors (Lipinski definition) is 2. The van der Waals surface area contributed by atoms with Crippen LogP contribution in [-0.2, 0) is 11.8 Å². The molecule has 0 radical (unpaired) electrons. The SMILES string of the molecule is CC1(C)c2ccccc2-c2ccc(-c3c4ccc(N(c5ccc6ccccc6c5)c5ccc6ccccc6c5)cc4c(-c4ccc(C5=c6ccccc6=CCC5)cc4)c4ccc(N(c5ccc6c(c5)C=CCC6)c5ccc6ccccc6c5)cc34)cc21. The van der Waals surface area contributed by atoms with Crippen molar-refractivity contribution in [2.75, 3.05) is 9.80 Å². The van der Waals surface area contributed by atoms with Gasteiger partial charge in [-0.05, 0) is 236 Å². The van der Waals surface area contributed by atoms with Gasteiger partial charge in [-0.25, -0.2) is 0 Å². The number of allylic oxidation sites excluding steroid dienone is 1. The van der Waals surface area contributed by atoms with Gasteiger partial charge in [0.25, 0.3) is 0 Å². The van der Waals surface area contributed by atoms with Crippen LogP contribution in [0.2, 0.25) is 0 Å². The van der Waals surface area contributed by atoms with Crippen LogP contribution in [0.1, 0.15) is 60.9 Å². The van der Waals surface area contributed by atoms with Gasteiger partial charge in [-0.2, -0.15) is 0 Å². The second-order valence-electron chi connectivity index (χ2n) is 24.6. The standard InChI is InChI=1S/C85H62N2/c1-85(2)81-29-14-13-27-75(81)76-45-38-66(52-82(76)85)84-78-47-44-71(86(67-39-34-55-16-3-7-21-62(55)48-67)68-40-35-56-17-4-8-22-63(56)49-68)53-79(78)83(61-32-30-60(31-33-61)74-28-15-25-59-20-11-12-26-73(59)74)77-46-43-72(54-80(77)84)87(69-41-36-57-18-5-9-23-64(57)50-69)70-42-37-58-19-6-10-24-65(58)51-70/h3-5,7-14,16-18,20-27,29-54H,6,15,19,28H2,1-2H3. The third-order valence-electron chi connectivity index (χ3n) is 19.3. The van der Waals surface area contributed by atoms with Crippen LogP contribution in [0.15, 0.2) is 279 Å². The van der Waals surface area contributed by atoms with Gasteiger partial charge in [0.2, 0.25) is 0 Å². The summed E-state index contributed by atoms with van der Waals surface area (Å²) in [6.07, 6.45) is 11.2. The van der Waals surface area contributed by atoms with Gasteiger partial charge < -0.3 is 9.80 Å². The maximum atomic E-state index is 2.53. The van der Waals surface area contributed by atoms with E-state index < -0.39 is 0 Å². The van der Waals surface area contributed by atoms with E-state index in [9.17, 15) is 0 Å². The Kier molecular flexibility index (Phi) is 11.9. The van der Waals surface area contributed by atoms with Gasteiger partial charge in [-0.15, -0.1) is 0 Å². The van der Waals surface area contributed by atoms with Gasteiger partial charge in [0, 0.05) is 39.5 Å². The normalized spacial score (nSPS) is 13.8. The lowest BCUT2D eigenvalue weighted by Gasteiger charge is -2.29. The molecule has 0 fully saturated rings. The number of rotatable bonds is 9. The summed E-state index contributed by atoms with van der Waals surface area (Å²) < 4.78 is 0. The van der Waals surface area contributed by atoms with Crippen molar-refractivity contribution < 1.29 is 0 Å². The minimum absolute atomic E-state index is 0.198. The second kappa shape index (κ2) is 20.3. The zero-order chi connectivity index (χ0) is 57.7. The molecule has 0 aliphatic heterocycles.